The number of aliphatic hydroxyl groups is 1. The fraction of sp³-hybridized carbons (Fsp3) is 1.00. The summed E-state index contributed by atoms with van der Waals surface area (Å²) >= 11 is 0. The van der Waals surface area contributed by atoms with Gasteiger partial charge in [0, 0.05) is 13.2 Å². The second kappa shape index (κ2) is 7.30. The highest BCUT2D eigenvalue weighted by Crippen LogP contribution is 2.45. The third-order valence-corrected chi connectivity index (χ3v) is 11.9. The van der Waals surface area contributed by atoms with Crippen LogP contribution in [0.3, 0.4) is 0 Å². The Morgan fingerprint density at radius 1 is 1.14 bits per heavy atom. The number of nitrogens with zero attached hydrogens (tertiary/aromatic N) is 1. The van der Waals surface area contributed by atoms with E-state index in [1.165, 1.54) is 0 Å². The van der Waals surface area contributed by atoms with Crippen LogP contribution in [0.25, 0.3) is 0 Å². The van der Waals surface area contributed by atoms with Crippen LogP contribution in [0.4, 0.5) is 0 Å². The first-order chi connectivity index (χ1) is 10.3. The standard InChI is InChI=1S/C17H35NO3Si/c1-12(2)22(13(3)4,14(5)6)21-17-7-9-18-16(17)11-15(20-18)8-10-19/h12-17,19H,7-11H2,1-6H3/t15-,16+,17-/m0/s1. The molecule has 2 aliphatic rings. The Hall–Kier alpha value is 0.0569. The third-order valence-electron chi connectivity index (χ3n) is 5.74. The van der Waals surface area contributed by atoms with Gasteiger partial charge in [-0.25, -0.2) is 0 Å². The largest absolute Gasteiger partial charge is 0.411 e. The minimum absolute atomic E-state index is 0.176. The Kier molecular flexibility index (Phi) is 6.11. The fourth-order valence-electron chi connectivity index (χ4n) is 4.82. The van der Waals surface area contributed by atoms with E-state index in [-0.39, 0.29) is 12.7 Å². The summed E-state index contributed by atoms with van der Waals surface area (Å²) in [5.74, 6) is 0. The number of hydroxylamine groups is 2. The first-order valence-corrected chi connectivity index (χ1v) is 11.2. The molecule has 4 nitrogen and oxygen atoms in total. The zero-order valence-corrected chi connectivity index (χ0v) is 16.2. The number of fused-ring (bicyclic) bond motifs is 1. The molecule has 0 aromatic carbocycles. The second-order valence-corrected chi connectivity index (χ2v) is 13.4. The number of hydrogen-bond acceptors (Lipinski definition) is 4. The quantitative estimate of drug-likeness (QED) is 0.723. The highest BCUT2D eigenvalue weighted by Gasteiger charge is 2.51. The van der Waals surface area contributed by atoms with E-state index in [4.69, 9.17) is 14.4 Å². The Morgan fingerprint density at radius 2 is 1.73 bits per heavy atom. The van der Waals surface area contributed by atoms with Gasteiger partial charge in [-0.3, -0.25) is 4.84 Å². The monoisotopic (exact) mass is 329 g/mol. The van der Waals surface area contributed by atoms with Crippen molar-refractivity contribution in [1.29, 1.82) is 0 Å². The Bertz CT molecular complexity index is 340. The maximum atomic E-state index is 9.14. The molecule has 0 saturated carbocycles. The molecule has 2 aliphatic heterocycles. The van der Waals surface area contributed by atoms with Gasteiger partial charge in [-0.05, 0) is 35.9 Å². The normalized spacial score (nSPS) is 30.0. The summed E-state index contributed by atoms with van der Waals surface area (Å²) in [5.41, 5.74) is 1.87. The highest BCUT2D eigenvalue weighted by molar-refractivity contribution is 6.77. The van der Waals surface area contributed by atoms with Crippen molar-refractivity contribution >= 4 is 8.32 Å². The van der Waals surface area contributed by atoms with E-state index in [0.717, 1.165) is 25.8 Å². The summed E-state index contributed by atoms with van der Waals surface area (Å²) in [6, 6.07) is 0.389. The van der Waals surface area contributed by atoms with E-state index >= 15 is 0 Å². The van der Waals surface area contributed by atoms with Crippen LogP contribution in [0.2, 0.25) is 16.6 Å². The molecule has 0 bridgehead atoms. The van der Waals surface area contributed by atoms with Gasteiger partial charge >= 0.3 is 0 Å². The predicted octanol–water partition coefficient (Wildman–Crippen LogP) is 3.71. The van der Waals surface area contributed by atoms with E-state index in [1.54, 1.807) is 0 Å². The van der Waals surface area contributed by atoms with Crippen LogP contribution < -0.4 is 0 Å². The zero-order chi connectivity index (χ0) is 16.5. The first kappa shape index (κ1) is 18.4. The van der Waals surface area contributed by atoms with E-state index in [9.17, 15) is 0 Å². The molecule has 2 rings (SSSR count). The predicted molar refractivity (Wildman–Crippen MR) is 92.2 cm³/mol. The molecule has 0 aromatic rings. The van der Waals surface area contributed by atoms with Crippen molar-refractivity contribution in [3.8, 4) is 0 Å². The van der Waals surface area contributed by atoms with Gasteiger partial charge in [0.2, 0.25) is 8.32 Å². The minimum atomic E-state index is -1.82. The Morgan fingerprint density at radius 3 is 2.23 bits per heavy atom. The highest BCUT2D eigenvalue weighted by atomic mass is 28.4. The average Bonchev–Trinajstić information content (AvgIpc) is 2.95. The van der Waals surface area contributed by atoms with Crippen LogP contribution in [-0.4, -0.2) is 49.9 Å². The second-order valence-electron chi connectivity index (χ2n) is 7.95. The summed E-state index contributed by atoms with van der Waals surface area (Å²) in [5, 5.41) is 11.3. The van der Waals surface area contributed by atoms with Crippen molar-refractivity contribution in [3.63, 3.8) is 0 Å². The fourth-order valence-corrected chi connectivity index (χ4v) is 10.4. The van der Waals surface area contributed by atoms with Gasteiger partial charge in [-0.1, -0.05) is 41.5 Å². The molecule has 0 amide bonds. The Balaban J connectivity index is 2.11. The van der Waals surface area contributed by atoms with Gasteiger partial charge in [0.05, 0.1) is 18.2 Å². The van der Waals surface area contributed by atoms with Crippen LogP contribution in [0.5, 0.6) is 0 Å². The molecule has 1 N–H and O–H groups in total. The van der Waals surface area contributed by atoms with Gasteiger partial charge in [0.1, 0.15) is 0 Å². The van der Waals surface area contributed by atoms with Crippen molar-refractivity contribution < 1.29 is 14.4 Å². The van der Waals surface area contributed by atoms with Crippen molar-refractivity contribution in [2.24, 2.45) is 0 Å². The molecule has 3 atom stereocenters. The molecule has 0 spiro atoms. The topological polar surface area (TPSA) is 41.9 Å². The smallest absolute Gasteiger partial charge is 0.200 e. The minimum Gasteiger partial charge on any atom is -0.411 e. The van der Waals surface area contributed by atoms with E-state index in [2.05, 4.69) is 46.6 Å². The van der Waals surface area contributed by atoms with Crippen LogP contribution in [0.15, 0.2) is 0 Å². The van der Waals surface area contributed by atoms with Gasteiger partial charge < -0.3 is 9.53 Å². The molecule has 0 radical (unpaired) electrons. The number of hydrogen-bond donors (Lipinski definition) is 1. The van der Waals surface area contributed by atoms with Gasteiger partial charge in [-0.2, -0.15) is 5.06 Å². The summed E-state index contributed by atoms with van der Waals surface area (Å²) in [7, 11) is -1.82. The lowest BCUT2D eigenvalue weighted by molar-refractivity contribution is -0.154. The van der Waals surface area contributed by atoms with Gasteiger partial charge in [0.25, 0.3) is 0 Å². The summed E-state index contributed by atoms with van der Waals surface area (Å²) in [6.45, 7) is 15.3. The summed E-state index contributed by atoms with van der Waals surface area (Å²) in [4.78, 5) is 5.96. The maximum Gasteiger partial charge on any atom is 0.200 e. The zero-order valence-electron chi connectivity index (χ0n) is 15.2. The molecule has 5 heteroatoms. The molecule has 130 valence electrons. The molecule has 2 fully saturated rings. The molecule has 2 heterocycles. The lowest BCUT2D eigenvalue weighted by Gasteiger charge is -2.44. The molecule has 2 saturated heterocycles. The van der Waals surface area contributed by atoms with Crippen LogP contribution in [0, 0.1) is 0 Å². The third kappa shape index (κ3) is 3.29. The van der Waals surface area contributed by atoms with Gasteiger partial charge in [0.15, 0.2) is 0 Å². The SMILES string of the molecule is CC(C)[Si](O[C@H]1CCN2O[C@@H](CCO)C[C@H]12)(C(C)C)C(C)C. The summed E-state index contributed by atoms with van der Waals surface area (Å²) < 4.78 is 6.98. The van der Waals surface area contributed by atoms with Crippen LogP contribution in [-0.2, 0) is 9.26 Å². The molecular weight excluding hydrogens is 294 g/mol. The maximum absolute atomic E-state index is 9.14. The van der Waals surface area contributed by atoms with Crippen molar-refractivity contribution in [2.75, 3.05) is 13.2 Å². The molecule has 22 heavy (non-hydrogen) atoms. The molecular formula is C17H35NO3Si. The lowest BCUT2D eigenvalue weighted by atomic mass is 10.0. The van der Waals surface area contributed by atoms with Crippen LogP contribution >= 0.6 is 0 Å². The molecule has 0 aromatic heterocycles. The van der Waals surface area contributed by atoms with Crippen molar-refractivity contribution in [3.05, 3.63) is 0 Å². The number of rotatable bonds is 7. The van der Waals surface area contributed by atoms with E-state index in [0.29, 0.717) is 28.8 Å². The van der Waals surface area contributed by atoms with Crippen molar-refractivity contribution in [1.82, 2.24) is 5.06 Å². The number of aliphatic hydroxyl groups excluding tert-OH is 1. The van der Waals surface area contributed by atoms with Crippen molar-refractivity contribution in [2.45, 2.75) is 95.7 Å². The first-order valence-electron chi connectivity index (χ1n) is 9.05. The summed E-state index contributed by atoms with van der Waals surface area (Å²) in [6.07, 6.45) is 3.31. The van der Waals surface area contributed by atoms with Gasteiger partial charge in [-0.15, -0.1) is 0 Å². The van der Waals surface area contributed by atoms with E-state index in [1.807, 2.05) is 0 Å². The Labute approximate surface area is 137 Å². The lowest BCUT2D eigenvalue weighted by Crippen LogP contribution is -2.52. The average molecular weight is 330 g/mol. The van der Waals surface area contributed by atoms with Crippen LogP contribution in [0.1, 0.15) is 60.8 Å². The van der Waals surface area contributed by atoms with E-state index < -0.39 is 8.32 Å². The molecule has 0 aliphatic carbocycles. The molecule has 0 unspecified atom stereocenters.